The first-order valence-corrected chi connectivity index (χ1v) is 7.99. The second-order valence-corrected chi connectivity index (χ2v) is 6.27. The second-order valence-electron chi connectivity index (χ2n) is 4.44. The van der Waals surface area contributed by atoms with E-state index in [-0.39, 0.29) is 0 Å². The lowest BCUT2D eigenvalue weighted by Gasteiger charge is -2.02. The fourth-order valence-corrected chi connectivity index (χ4v) is 4.30. The molecule has 0 amide bonds. The summed E-state index contributed by atoms with van der Waals surface area (Å²) in [6.45, 7) is 0. The Kier molecular flexibility index (Phi) is 2.83. The van der Waals surface area contributed by atoms with E-state index in [0.29, 0.717) is 0 Å². The van der Waals surface area contributed by atoms with Crippen LogP contribution in [0.5, 0.6) is 0 Å². The molecule has 0 saturated carbocycles. The Balaban J connectivity index is 2.09. The molecule has 0 spiro atoms. The molecule has 0 unspecified atom stereocenters. The molecule has 4 heteroatoms. The number of fused-ring (bicyclic) bond motifs is 1. The average molecular weight is 294 g/mol. The van der Waals surface area contributed by atoms with Gasteiger partial charge < -0.3 is 0 Å². The minimum atomic E-state index is 1.08. The molecule has 0 aliphatic rings. The molecule has 4 rings (SSSR count). The maximum absolute atomic E-state index is 4.17. The van der Waals surface area contributed by atoms with Gasteiger partial charge in [-0.2, -0.15) is 11.3 Å². The Morgan fingerprint density at radius 2 is 1.75 bits per heavy atom. The topological polar surface area (TPSA) is 25.8 Å². The van der Waals surface area contributed by atoms with Gasteiger partial charge in [-0.3, -0.25) is 0 Å². The van der Waals surface area contributed by atoms with E-state index in [1.807, 2.05) is 23.7 Å². The summed E-state index contributed by atoms with van der Waals surface area (Å²) in [6.07, 6.45) is 5.34. The zero-order valence-electron chi connectivity index (χ0n) is 10.5. The number of aromatic nitrogens is 2. The lowest BCUT2D eigenvalue weighted by Crippen LogP contribution is -1.82. The summed E-state index contributed by atoms with van der Waals surface area (Å²) in [6, 6.07) is 10.7. The maximum atomic E-state index is 4.17. The Morgan fingerprint density at radius 1 is 0.900 bits per heavy atom. The standard InChI is InChI=1S/C16H10N2S2/c1-2-4-14-13(3-1)15(12-7-17-10-18-8-12)16(20-14)11-5-6-19-9-11/h1-10H. The third-order valence-electron chi connectivity index (χ3n) is 3.23. The molecule has 1 aromatic carbocycles. The molecule has 3 aromatic heterocycles. The van der Waals surface area contributed by atoms with Crippen LogP contribution in [-0.2, 0) is 0 Å². The van der Waals surface area contributed by atoms with Gasteiger partial charge >= 0.3 is 0 Å². The lowest BCUT2D eigenvalue weighted by molar-refractivity contribution is 1.17. The van der Waals surface area contributed by atoms with Gasteiger partial charge in [0.2, 0.25) is 0 Å². The van der Waals surface area contributed by atoms with E-state index in [2.05, 4.69) is 51.1 Å². The van der Waals surface area contributed by atoms with Gasteiger partial charge in [-0.1, -0.05) is 18.2 Å². The smallest absolute Gasteiger partial charge is 0.115 e. The van der Waals surface area contributed by atoms with E-state index in [0.717, 1.165) is 5.56 Å². The zero-order chi connectivity index (χ0) is 13.4. The number of thiophene rings is 2. The van der Waals surface area contributed by atoms with Gasteiger partial charge in [0.15, 0.2) is 0 Å². The van der Waals surface area contributed by atoms with Gasteiger partial charge in [-0.25, -0.2) is 9.97 Å². The molecule has 0 aliphatic carbocycles. The van der Waals surface area contributed by atoms with E-state index >= 15 is 0 Å². The van der Waals surface area contributed by atoms with E-state index in [4.69, 9.17) is 0 Å². The van der Waals surface area contributed by atoms with Gasteiger partial charge in [0.1, 0.15) is 6.33 Å². The van der Waals surface area contributed by atoms with Crippen LogP contribution in [0, 0.1) is 0 Å². The highest BCUT2D eigenvalue weighted by Crippen LogP contribution is 2.44. The summed E-state index contributed by atoms with van der Waals surface area (Å²) in [5.74, 6) is 0. The predicted octanol–water partition coefficient (Wildman–Crippen LogP) is 5.09. The van der Waals surface area contributed by atoms with Crippen LogP contribution in [0.2, 0.25) is 0 Å². The summed E-state index contributed by atoms with van der Waals surface area (Å²) >= 11 is 3.55. The number of nitrogens with zero attached hydrogens (tertiary/aromatic N) is 2. The van der Waals surface area contributed by atoms with Crippen LogP contribution in [0.15, 0.2) is 59.8 Å². The van der Waals surface area contributed by atoms with Crippen LogP contribution in [-0.4, -0.2) is 9.97 Å². The van der Waals surface area contributed by atoms with Crippen molar-refractivity contribution in [2.75, 3.05) is 0 Å². The van der Waals surface area contributed by atoms with Crippen LogP contribution in [0.25, 0.3) is 31.7 Å². The number of rotatable bonds is 2. The van der Waals surface area contributed by atoms with Crippen molar-refractivity contribution in [1.29, 1.82) is 0 Å². The van der Waals surface area contributed by atoms with E-state index in [1.54, 1.807) is 17.7 Å². The van der Waals surface area contributed by atoms with Crippen molar-refractivity contribution in [3.8, 4) is 21.6 Å². The lowest BCUT2D eigenvalue weighted by atomic mass is 10.0. The molecule has 4 aromatic rings. The van der Waals surface area contributed by atoms with E-state index in [9.17, 15) is 0 Å². The van der Waals surface area contributed by atoms with Gasteiger partial charge in [-0.05, 0) is 22.9 Å². The molecule has 96 valence electrons. The fourth-order valence-electron chi connectivity index (χ4n) is 2.36. The van der Waals surface area contributed by atoms with Crippen LogP contribution in [0.4, 0.5) is 0 Å². The SMILES string of the molecule is c1ccc2c(-c3cncnc3)c(-c3ccsc3)sc2c1. The molecule has 0 fully saturated rings. The molecule has 0 aliphatic heterocycles. The highest BCUT2D eigenvalue weighted by Gasteiger charge is 2.15. The summed E-state index contributed by atoms with van der Waals surface area (Å²) in [7, 11) is 0. The Morgan fingerprint density at radius 3 is 2.55 bits per heavy atom. The Hall–Kier alpha value is -2.04. The quantitative estimate of drug-likeness (QED) is 0.515. The van der Waals surface area contributed by atoms with E-state index in [1.165, 1.54) is 26.1 Å². The minimum Gasteiger partial charge on any atom is -0.244 e. The first-order valence-electron chi connectivity index (χ1n) is 6.23. The number of hydrogen-bond donors (Lipinski definition) is 0. The molecule has 0 bridgehead atoms. The highest BCUT2D eigenvalue weighted by atomic mass is 32.1. The monoisotopic (exact) mass is 294 g/mol. The van der Waals surface area contributed by atoms with Gasteiger partial charge in [-0.15, -0.1) is 11.3 Å². The van der Waals surface area contributed by atoms with Crippen molar-refractivity contribution in [3.63, 3.8) is 0 Å². The third kappa shape index (κ3) is 1.85. The molecule has 3 heterocycles. The van der Waals surface area contributed by atoms with Crippen LogP contribution < -0.4 is 0 Å². The van der Waals surface area contributed by atoms with Gasteiger partial charge in [0, 0.05) is 44.0 Å². The first-order chi connectivity index (χ1) is 9.93. The average Bonchev–Trinajstić information content (AvgIpc) is 3.15. The van der Waals surface area contributed by atoms with Crippen molar-refractivity contribution in [3.05, 3.63) is 59.8 Å². The zero-order valence-corrected chi connectivity index (χ0v) is 12.1. The van der Waals surface area contributed by atoms with Crippen molar-refractivity contribution in [1.82, 2.24) is 9.97 Å². The molecular formula is C16H10N2S2. The van der Waals surface area contributed by atoms with Gasteiger partial charge in [0.25, 0.3) is 0 Å². The summed E-state index contributed by atoms with van der Waals surface area (Å²) < 4.78 is 1.30. The second kappa shape index (κ2) is 4.81. The summed E-state index contributed by atoms with van der Waals surface area (Å²) in [5, 5.41) is 5.58. The van der Waals surface area contributed by atoms with Crippen LogP contribution in [0.1, 0.15) is 0 Å². The predicted molar refractivity (Wildman–Crippen MR) is 86.2 cm³/mol. The number of benzene rings is 1. The highest BCUT2D eigenvalue weighted by molar-refractivity contribution is 7.23. The summed E-state index contributed by atoms with van der Waals surface area (Å²) in [4.78, 5) is 9.63. The Labute approximate surface area is 124 Å². The molecule has 2 nitrogen and oxygen atoms in total. The van der Waals surface area contributed by atoms with Crippen molar-refractivity contribution in [2.45, 2.75) is 0 Å². The van der Waals surface area contributed by atoms with Crippen molar-refractivity contribution >= 4 is 32.8 Å². The Bertz CT molecular complexity index is 849. The van der Waals surface area contributed by atoms with Gasteiger partial charge in [0.05, 0.1) is 0 Å². The first kappa shape index (κ1) is 11.8. The molecule has 0 radical (unpaired) electrons. The van der Waals surface area contributed by atoms with Crippen molar-refractivity contribution in [2.24, 2.45) is 0 Å². The molecule has 20 heavy (non-hydrogen) atoms. The largest absolute Gasteiger partial charge is 0.244 e. The van der Waals surface area contributed by atoms with Crippen LogP contribution in [0.3, 0.4) is 0 Å². The molecule has 0 N–H and O–H groups in total. The van der Waals surface area contributed by atoms with Crippen LogP contribution >= 0.6 is 22.7 Å². The summed E-state index contributed by atoms with van der Waals surface area (Å²) in [5.41, 5.74) is 3.59. The fraction of sp³-hybridized carbons (Fsp3) is 0. The number of hydrogen-bond acceptors (Lipinski definition) is 4. The van der Waals surface area contributed by atoms with Crippen molar-refractivity contribution < 1.29 is 0 Å². The maximum Gasteiger partial charge on any atom is 0.115 e. The molecule has 0 saturated heterocycles. The molecular weight excluding hydrogens is 284 g/mol. The molecule has 0 atom stereocenters. The normalized spacial score (nSPS) is 11.0. The minimum absolute atomic E-state index is 1.08. The third-order valence-corrected chi connectivity index (χ3v) is 5.13. The van der Waals surface area contributed by atoms with E-state index < -0.39 is 0 Å².